The highest BCUT2D eigenvalue weighted by Crippen LogP contribution is 2.40. The zero-order chi connectivity index (χ0) is 15.1. The van der Waals surface area contributed by atoms with Crippen LogP contribution in [0.15, 0.2) is 23.1 Å². The van der Waals surface area contributed by atoms with Gasteiger partial charge in [-0.25, -0.2) is 13.1 Å². The molecule has 3 rings (SSSR count). The summed E-state index contributed by atoms with van der Waals surface area (Å²) in [6, 6.07) is 5.20. The molecule has 2 N–H and O–H groups in total. The molecular weight excluding hydrogens is 290 g/mol. The molecule has 0 radical (unpaired) electrons. The number of hydrogen-bond acceptors (Lipinski definition) is 3. The fourth-order valence-corrected chi connectivity index (χ4v) is 4.28. The van der Waals surface area contributed by atoms with Crippen LogP contribution in [0.1, 0.15) is 36.8 Å². The molecule has 0 aromatic heterocycles. The van der Waals surface area contributed by atoms with E-state index in [1.54, 1.807) is 12.1 Å². The minimum atomic E-state index is -3.64. The Hall–Kier alpha value is -1.40. The van der Waals surface area contributed by atoms with Crippen molar-refractivity contribution in [2.45, 2.75) is 43.4 Å². The first-order valence-corrected chi connectivity index (χ1v) is 8.76. The fraction of sp³-hybridized carbons (Fsp3) is 0.533. The van der Waals surface area contributed by atoms with Crippen molar-refractivity contribution in [3.8, 4) is 0 Å². The fourth-order valence-electron chi connectivity index (χ4n) is 3.10. The minimum absolute atomic E-state index is 0.0260. The molecule has 0 bridgehead atoms. The third kappa shape index (κ3) is 2.58. The number of fused-ring (bicyclic) bond motifs is 1. The third-order valence-electron chi connectivity index (χ3n) is 4.75. The predicted molar refractivity (Wildman–Crippen MR) is 77.6 cm³/mol. The van der Waals surface area contributed by atoms with Gasteiger partial charge in [0, 0.05) is 6.54 Å². The highest BCUT2D eigenvalue weighted by atomic mass is 32.2. The van der Waals surface area contributed by atoms with E-state index in [0.717, 1.165) is 31.2 Å². The Morgan fingerprint density at radius 2 is 1.90 bits per heavy atom. The second-order valence-electron chi connectivity index (χ2n) is 6.05. The Bertz CT molecular complexity index is 677. The Labute approximate surface area is 124 Å². The zero-order valence-corrected chi connectivity index (χ0v) is 12.6. The largest absolute Gasteiger partial charge is 0.481 e. The summed E-state index contributed by atoms with van der Waals surface area (Å²) in [5.74, 6) is -0.912. The lowest BCUT2D eigenvalue weighted by atomic mass is 9.69. The van der Waals surface area contributed by atoms with Crippen LogP contribution in [0.25, 0.3) is 0 Å². The first-order chi connectivity index (χ1) is 9.93. The SMILES string of the molecule is O=C(O)C1(CNS(=O)(=O)c2ccc3c(c2)CCC3)CCC1. The average molecular weight is 309 g/mol. The van der Waals surface area contributed by atoms with Crippen molar-refractivity contribution in [2.75, 3.05) is 6.54 Å². The number of nitrogens with one attached hydrogen (secondary N) is 1. The van der Waals surface area contributed by atoms with Gasteiger partial charge in [0.25, 0.3) is 0 Å². The van der Waals surface area contributed by atoms with Crippen molar-refractivity contribution in [1.29, 1.82) is 0 Å². The molecule has 1 fully saturated rings. The first kappa shape index (κ1) is 14.5. The molecule has 0 aliphatic heterocycles. The maximum Gasteiger partial charge on any atom is 0.310 e. The van der Waals surface area contributed by atoms with Crippen LogP contribution < -0.4 is 4.72 Å². The van der Waals surface area contributed by atoms with E-state index in [-0.39, 0.29) is 11.4 Å². The van der Waals surface area contributed by atoms with Gasteiger partial charge in [0.15, 0.2) is 0 Å². The van der Waals surface area contributed by atoms with Gasteiger partial charge in [-0.2, -0.15) is 0 Å². The molecule has 0 unspecified atom stereocenters. The molecule has 1 saturated carbocycles. The molecule has 0 atom stereocenters. The standard InChI is InChI=1S/C15H19NO4S/c17-14(18)15(7-2-8-15)10-16-21(19,20)13-6-5-11-3-1-4-12(11)9-13/h5-6,9,16H,1-4,7-8,10H2,(H,17,18). The molecule has 0 heterocycles. The summed E-state index contributed by atoms with van der Waals surface area (Å²) in [5, 5.41) is 9.24. The summed E-state index contributed by atoms with van der Waals surface area (Å²) in [7, 11) is -3.64. The van der Waals surface area contributed by atoms with E-state index in [4.69, 9.17) is 0 Å². The van der Waals surface area contributed by atoms with Crippen molar-refractivity contribution in [2.24, 2.45) is 5.41 Å². The van der Waals surface area contributed by atoms with Gasteiger partial charge in [-0.1, -0.05) is 12.5 Å². The maximum absolute atomic E-state index is 12.3. The van der Waals surface area contributed by atoms with Crippen molar-refractivity contribution in [1.82, 2.24) is 4.72 Å². The van der Waals surface area contributed by atoms with Crippen molar-refractivity contribution < 1.29 is 18.3 Å². The predicted octanol–water partition coefficient (Wildman–Crippen LogP) is 1.71. The molecule has 0 amide bonds. The number of carboxylic acids is 1. The van der Waals surface area contributed by atoms with E-state index in [9.17, 15) is 18.3 Å². The number of hydrogen-bond donors (Lipinski definition) is 2. The Morgan fingerprint density at radius 1 is 1.19 bits per heavy atom. The first-order valence-electron chi connectivity index (χ1n) is 7.28. The third-order valence-corrected chi connectivity index (χ3v) is 6.14. The highest BCUT2D eigenvalue weighted by molar-refractivity contribution is 7.89. The molecule has 2 aliphatic rings. The summed E-state index contributed by atoms with van der Waals surface area (Å²) in [6.45, 7) is -0.0260. The smallest absolute Gasteiger partial charge is 0.310 e. The molecule has 21 heavy (non-hydrogen) atoms. The summed E-state index contributed by atoms with van der Waals surface area (Å²) >= 11 is 0. The molecule has 0 saturated heterocycles. The lowest BCUT2D eigenvalue weighted by Gasteiger charge is -2.37. The van der Waals surface area contributed by atoms with Crippen molar-refractivity contribution in [3.05, 3.63) is 29.3 Å². The van der Waals surface area contributed by atoms with Gasteiger partial charge in [0.2, 0.25) is 10.0 Å². The van der Waals surface area contributed by atoms with E-state index in [0.29, 0.717) is 12.8 Å². The van der Waals surface area contributed by atoms with Gasteiger partial charge in [-0.3, -0.25) is 4.79 Å². The number of carboxylic acid groups (broad SMARTS) is 1. The minimum Gasteiger partial charge on any atom is -0.481 e. The zero-order valence-electron chi connectivity index (χ0n) is 11.8. The van der Waals surface area contributed by atoms with E-state index in [1.807, 2.05) is 6.07 Å². The van der Waals surface area contributed by atoms with E-state index in [1.165, 1.54) is 5.56 Å². The van der Waals surface area contributed by atoms with Crippen LogP contribution in [-0.4, -0.2) is 26.0 Å². The van der Waals surface area contributed by atoms with Gasteiger partial charge < -0.3 is 5.11 Å². The normalized spacial score (nSPS) is 19.8. The molecule has 114 valence electrons. The molecule has 1 aromatic carbocycles. The van der Waals surface area contributed by atoms with Gasteiger partial charge in [0.05, 0.1) is 10.3 Å². The number of aryl methyl sites for hydroxylation is 2. The van der Waals surface area contributed by atoms with Crippen molar-refractivity contribution in [3.63, 3.8) is 0 Å². The Morgan fingerprint density at radius 3 is 2.52 bits per heavy atom. The van der Waals surface area contributed by atoms with Gasteiger partial charge in [0.1, 0.15) is 0 Å². The van der Waals surface area contributed by atoms with Crippen LogP contribution in [0.3, 0.4) is 0 Å². The van der Waals surface area contributed by atoms with E-state index >= 15 is 0 Å². The van der Waals surface area contributed by atoms with Crippen LogP contribution in [-0.2, 0) is 27.7 Å². The van der Waals surface area contributed by atoms with Crippen LogP contribution in [0.2, 0.25) is 0 Å². The van der Waals surface area contributed by atoms with Crippen LogP contribution in [0.5, 0.6) is 0 Å². The van der Waals surface area contributed by atoms with E-state index in [2.05, 4.69) is 4.72 Å². The van der Waals surface area contributed by atoms with E-state index < -0.39 is 21.4 Å². The van der Waals surface area contributed by atoms with Crippen LogP contribution >= 0.6 is 0 Å². The van der Waals surface area contributed by atoms with Gasteiger partial charge in [-0.15, -0.1) is 0 Å². The monoisotopic (exact) mass is 309 g/mol. The molecule has 2 aliphatic carbocycles. The molecule has 0 spiro atoms. The van der Waals surface area contributed by atoms with Crippen LogP contribution in [0, 0.1) is 5.41 Å². The quantitative estimate of drug-likeness (QED) is 0.867. The lowest BCUT2D eigenvalue weighted by molar-refractivity contribution is -0.153. The number of rotatable bonds is 5. The Balaban J connectivity index is 1.76. The number of aliphatic carboxylic acids is 1. The summed E-state index contributed by atoms with van der Waals surface area (Å²) in [5.41, 5.74) is 1.40. The number of carbonyl (C=O) groups is 1. The average Bonchev–Trinajstić information content (AvgIpc) is 2.83. The second kappa shape index (κ2) is 5.10. The van der Waals surface area contributed by atoms with Gasteiger partial charge >= 0.3 is 5.97 Å². The van der Waals surface area contributed by atoms with Gasteiger partial charge in [-0.05, 0) is 55.4 Å². The summed E-state index contributed by atoms with van der Waals surface area (Å²) in [6.07, 6.45) is 4.90. The topological polar surface area (TPSA) is 83.5 Å². The number of benzene rings is 1. The highest BCUT2D eigenvalue weighted by Gasteiger charge is 2.45. The number of sulfonamides is 1. The van der Waals surface area contributed by atoms with Crippen LogP contribution in [0.4, 0.5) is 0 Å². The molecular formula is C15H19NO4S. The lowest BCUT2D eigenvalue weighted by Crippen LogP contribution is -2.47. The molecule has 6 heteroatoms. The molecule has 1 aromatic rings. The summed E-state index contributed by atoms with van der Waals surface area (Å²) < 4.78 is 27.2. The molecule has 5 nitrogen and oxygen atoms in total. The maximum atomic E-state index is 12.3. The Kier molecular flexibility index (Phi) is 3.53. The summed E-state index contributed by atoms with van der Waals surface area (Å²) in [4.78, 5) is 11.5. The second-order valence-corrected chi connectivity index (χ2v) is 7.81. The van der Waals surface area contributed by atoms with Crippen molar-refractivity contribution >= 4 is 16.0 Å².